The highest BCUT2D eigenvalue weighted by Crippen LogP contribution is 2.20. The molecule has 19 heavy (non-hydrogen) atoms. The molecule has 0 saturated heterocycles. The Balaban J connectivity index is 2.24. The quantitative estimate of drug-likeness (QED) is 0.755. The van der Waals surface area contributed by atoms with Gasteiger partial charge in [0.2, 0.25) is 0 Å². The van der Waals surface area contributed by atoms with Crippen LogP contribution in [0.2, 0.25) is 0 Å². The molecular weight excluding hydrogens is 236 g/mol. The summed E-state index contributed by atoms with van der Waals surface area (Å²) in [6.45, 7) is 5.69. The molecule has 1 aromatic carbocycles. The van der Waals surface area contributed by atoms with E-state index in [2.05, 4.69) is 25.2 Å². The van der Waals surface area contributed by atoms with Crippen molar-refractivity contribution >= 4 is 0 Å². The number of nitrogens with one attached hydrogen (secondary N) is 1. The Morgan fingerprint density at radius 2 is 2.00 bits per heavy atom. The first-order valence-electron chi connectivity index (χ1n) is 6.83. The van der Waals surface area contributed by atoms with E-state index in [1.165, 1.54) is 0 Å². The minimum absolute atomic E-state index is 0.0994. The van der Waals surface area contributed by atoms with Gasteiger partial charge in [-0.15, -0.1) is 0 Å². The van der Waals surface area contributed by atoms with Crippen molar-refractivity contribution < 1.29 is 5.11 Å². The van der Waals surface area contributed by atoms with E-state index in [-0.39, 0.29) is 11.5 Å². The Morgan fingerprint density at radius 1 is 1.32 bits per heavy atom. The molecule has 1 unspecified atom stereocenters. The van der Waals surface area contributed by atoms with Crippen molar-refractivity contribution in [1.82, 2.24) is 5.32 Å². The van der Waals surface area contributed by atoms with Crippen LogP contribution in [0.25, 0.3) is 0 Å². The van der Waals surface area contributed by atoms with Crippen LogP contribution in [-0.4, -0.2) is 24.3 Å². The maximum atomic E-state index is 9.96. The van der Waals surface area contributed by atoms with Gasteiger partial charge in [0.05, 0.1) is 12.2 Å². The number of hydrogen-bond donors (Lipinski definition) is 2. The minimum atomic E-state index is -0.367. The standard InChI is InChI=1S/C16H24N2O/c1-16(2,9-6-10-17)13-18-12-15(19)11-14-7-4-3-5-8-14/h3-5,7-8,15,18-19H,6,9,11-13H2,1-2H3. The summed E-state index contributed by atoms with van der Waals surface area (Å²) < 4.78 is 0. The fourth-order valence-corrected chi connectivity index (χ4v) is 2.02. The van der Waals surface area contributed by atoms with Gasteiger partial charge in [-0.1, -0.05) is 44.2 Å². The van der Waals surface area contributed by atoms with Crippen LogP contribution in [0.4, 0.5) is 0 Å². The molecule has 104 valence electrons. The smallest absolute Gasteiger partial charge is 0.0704 e. The lowest BCUT2D eigenvalue weighted by Crippen LogP contribution is -2.35. The average molecular weight is 260 g/mol. The van der Waals surface area contributed by atoms with E-state index in [4.69, 9.17) is 5.26 Å². The second-order valence-corrected chi connectivity index (χ2v) is 5.80. The third-order valence-electron chi connectivity index (χ3n) is 3.21. The van der Waals surface area contributed by atoms with Crippen molar-refractivity contribution in [2.75, 3.05) is 13.1 Å². The second-order valence-electron chi connectivity index (χ2n) is 5.80. The van der Waals surface area contributed by atoms with E-state index in [9.17, 15) is 5.11 Å². The van der Waals surface area contributed by atoms with Crippen molar-refractivity contribution in [3.8, 4) is 6.07 Å². The van der Waals surface area contributed by atoms with E-state index in [0.717, 1.165) is 18.5 Å². The summed E-state index contributed by atoms with van der Waals surface area (Å²) in [5, 5.41) is 21.9. The van der Waals surface area contributed by atoms with Gasteiger partial charge < -0.3 is 10.4 Å². The summed E-state index contributed by atoms with van der Waals surface area (Å²) in [5.41, 5.74) is 1.25. The molecule has 0 spiro atoms. The molecule has 0 aliphatic carbocycles. The van der Waals surface area contributed by atoms with Crippen molar-refractivity contribution in [3.05, 3.63) is 35.9 Å². The van der Waals surface area contributed by atoms with Crippen LogP contribution < -0.4 is 5.32 Å². The lowest BCUT2D eigenvalue weighted by Gasteiger charge is -2.24. The van der Waals surface area contributed by atoms with Crippen LogP contribution in [-0.2, 0) is 6.42 Å². The Hall–Kier alpha value is -1.37. The van der Waals surface area contributed by atoms with E-state index in [0.29, 0.717) is 19.4 Å². The first kappa shape index (κ1) is 15.7. The van der Waals surface area contributed by atoms with Gasteiger partial charge in [0.25, 0.3) is 0 Å². The normalized spacial score (nSPS) is 12.9. The summed E-state index contributed by atoms with van der Waals surface area (Å²) in [6, 6.07) is 12.2. The van der Waals surface area contributed by atoms with Crippen molar-refractivity contribution in [2.45, 2.75) is 39.2 Å². The van der Waals surface area contributed by atoms with Gasteiger partial charge in [0, 0.05) is 19.5 Å². The Labute approximate surface area is 116 Å². The molecular formula is C16H24N2O. The summed E-state index contributed by atoms with van der Waals surface area (Å²) in [7, 11) is 0. The van der Waals surface area contributed by atoms with Crippen molar-refractivity contribution in [2.24, 2.45) is 5.41 Å². The Morgan fingerprint density at radius 3 is 2.63 bits per heavy atom. The molecule has 0 heterocycles. The maximum absolute atomic E-state index is 9.96. The second kappa shape index (κ2) is 7.93. The van der Waals surface area contributed by atoms with Crippen LogP contribution in [0.3, 0.4) is 0 Å². The molecule has 0 amide bonds. The molecule has 2 N–H and O–H groups in total. The number of aliphatic hydroxyl groups is 1. The van der Waals surface area contributed by atoms with Crippen LogP contribution in [0.1, 0.15) is 32.3 Å². The van der Waals surface area contributed by atoms with Gasteiger partial charge >= 0.3 is 0 Å². The number of rotatable bonds is 8. The first-order valence-corrected chi connectivity index (χ1v) is 6.83. The van der Waals surface area contributed by atoms with Crippen molar-refractivity contribution in [1.29, 1.82) is 5.26 Å². The predicted octanol–water partition coefficient (Wildman–Crippen LogP) is 2.51. The van der Waals surface area contributed by atoms with Crippen LogP contribution >= 0.6 is 0 Å². The summed E-state index contributed by atoms with van der Waals surface area (Å²) in [6.07, 6.45) is 1.77. The molecule has 0 aliphatic heterocycles. The molecule has 0 radical (unpaired) electrons. The molecule has 1 aromatic rings. The van der Waals surface area contributed by atoms with E-state index < -0.39 is 0 Å². The van der Waals surface area contributed by atoms with Crippen LogP contribution in [0.5, 0.6) is 0 Å². The molecule has 1 atom stereocenters. The van der Waals surface area contributed by atoms with Gasteiger partial charge in [-0.05, 0) is 23.8 Å². The van der Waals surface area contributed by atoms with E-state index in [1.807, 2.05) is 30.3 Å². The number of benzene rings is 1. The van der Waals surface area contributed by atoms with Gasteiger partial charge in [-0.3, -0.25) is 0 Å². The molecule has 3 heteroatoms. The van der Waals surface area contributed by atoms with Gasteiger partial charge in [0.15, 0.2) is 0 Å². The highest BCUT2D eigenvalue weighted by Gasteiger charge is 2.17. The highest BCUT2D eigenvalue weighted by atomic mass is 16.3. The number of hydrogen-bond acceptors (Lipinski definition) is 3. The topological polar surface area (TPSA) is 56.0 Å². The van der Waals surface area contributed by atoms with E-state index >= 15 is 0 Å². The van der Waals surface area contributed by atoms with Crippen LogP contribution in [0, 0.1) is 16.7 Å². The highest BCUT2D eigenvalue weighted by molar-refractivity contribution is 5.15. The molecule has 0 saturated carbocycles. The fraction of sp³-hybridized carbons (Fsp3) is 0.562. The number of nitriles is 1. The molecule has 1 rings (SSSR count). The zero-order valence-electron chi connectivity index (χ0n) is 11.9. The lowest BCUT2D eigenvalue weighted by atomic mass is 9.88. The Bertz CT molecular complexity index is 395. The number of nitrogens with zero attached hydrogens (tertiary/aromatic N) is 1. The lowest BCUT2D eigenvalue weighted by molar-refractivity contribution is 0.165. The third kappa shape index (κ3) is 6.95. The predicted molar refractivity (Wildman–Crippen MR) is 77.7 cm³/mol. The monoisotopic (exact) mass is 260 g/mol. The van der Waals surface area contributed by atoms with Crippen LogP contribution in [0.15, 0.2) is 30.3 Å². The van der Waals surface area contributed by atoms with E-state index in [1.54, 1.807) is 0 Å². The average Bonchev–Trinajstić information content (AvgIpc) is 2.37. The first-order chi connectivity index (χ1) is 9.03. The zero-order valence-corrected chi connectivity index (χ0v) is 11.9. The molecule has 3 nitrogen and oxygen atoms in total. The summed E-state index contributed by atoms with van der Waals surface area (Å²) in [5.74, 6) is 0. The molecule has 0 fully saturated rings. The summed E-state index contributed by atoms with van der Waals surface area (Å²) >= 11 is 0. The van der Waals surface area contributed by atoms with Gasteiger partial charge in [-0.25, -0.2) is 0 Å². The van der Waals surface area contributed by atoms with Crippen molar-refractivity contribution in [3.63, 3.8) is 0 Å². The summed E-state index contributed by atoms with van der Waals surface area (Å²) in [4.78, 5) is 0. The Kier molecular flexibility index (Phi) is 6.55. The minimum Gasteiger partial charge on any atom is -0.391 e. The fourth-order valence-electron chi connectivity index (χ4n) is 2.02. The molecule has 0 bridgehead atoms. The van der Waals surface area contributed by atoms with Gasteiger partial charge in [-0.2, -0.15) is 5.26 Å². The zero-order chi connectivity index (χ0) is 14.1. The molecule has 0 aliphatic rings. The SMILES string of the molecule is CC(C)(CCC#N)CNCC(O)Cc1ccccc1. The largest absolute Gasteiger partial charge is 0.391 e. The maximum Gasteiger partial charge on any atom is 0.0704 e. The third-order valence-corrected chi connectivity index (χ3v) is 3.21. The number of aliphatic hydroxyl groups excluding tert-OH is 1. The van der Waals surface area contributed by atoms with Gasteiger partial charge in [0.1, 0.15) is 0 Å². The molecule has 0 aromatic heterocycles.